The summed E-state index contributed by atoms with van der Waals surface area (Å²) >= 11 is 0. The fourth-order valence-corrected chi connectivity index (χ4v) is 5.17. The van der Waals surface area contributed by atoms with Crippen LogP contribution < -0.4 is 14.2 Å². The highest BCUT2D eigenvalue weighted by Gasteiger charge is 2.46. The quantitative estimate of drug-likeness (QED) is 0.585. The van der Waals surface area contributed by atoms with Crippen LogP contribution in [0.1, 0.15) is 24.3 Å². The van der Waals surface area contributed by atoms with Crippen LogP contribution in [0.4, 0.5) is 5.69 Å². The number of carboxylic acid groups (broad SMARTS) is 1. The number of nitrogens with one attached hydrogen (secondary N) is 1. The summed E-state index contributed by atoms with van der Waals surface area (Å²) in [6.45, 7) is -0.303. The number of ether oxygens (including phenoxy) is 3. The Morgan fingerprint density at radius 2 is 1.97 bits per heavy atom. The SMILES string of the molecule is COc1ccc(S(=O)(=O)Nc2ccc3c(c2)[C@@H]2C[C@@H](CC(=O)O)O[C@H](CO)[C@@H]2O3)cc1. The standard InChI is InChI=1S/C21H23NO8S/c1-28-13-3-5-15(6-4-13)31(26,27)22-12-2-7-18-16(8-12)17-9-14(10-20(24)25)29-19(11-23)21(17)30-18/h2-8,14,17,19,21-23H,9-11H2,1H3,(H,24,25)/t14-,17-,19+,21+/m0/s1. The van der Waals surface area contributed by atoms with E-state index in [-0.39, 0.29) is 23.8 Å². The van der Waals surface area contributed by atoms with E-state index < -0.39 is 34.3 Å². The van der Waals surface area contributed by atoms with Crippen molar-refractivity contribution in [2.24, 2.45) is 0 Å². The van der Waals surface area contributed by atoms with E-state index in [9.17, 15) is 18.3 Å². The molecule has 0 saturated carbocycles. The first kappa shape index (κ1) is 21.4. The molecule has 0 spiro atoms. The van der Waals surface area contributed by atoms with Gasteiger partial charge in [-0.2, -0.15) is 0 Å². The normalized spacial score (nSPS) is 24.6. The van der Waals surface area contributed by atoms with Gasteiger partial charge in [-0.1, -0.05) is 0 Å². The molecule has 1 saturated heterocycles. The molecule has 9 nitrogen and oxygen atoms in total. The van der Waals surface area contributed by atoms with Gasteiger partial charge in [-0.25, -0.2) is 8.42 Å². The van der Waals surface area contributed by atoms with Gasteiger partial charge in [0.25, 0.3) is 10.0 Å². The molecule has 166 valence electrons. The van der Waals surface area contributed by atoms with Crippen molar-refractivity contribution in [1.82, 2.24) is 0 Å². The molecule has 10 heteroatoms. The molecule has 31 heavy (non-hydrogen) atoms. The zero-order valence-corrected chi connectivity index (χ0v) is 17.5. The molecule has 0 amide bonds. The fourth-order valence-electron chi connectivity index (χ4n) is 4.12. The van der Waals surface area contributed by atoms with Crippen molar-refractivity contribution in [2.75, 3.05) is 18.4 Å². The maximum Gasteiger partial charge on any atom is 0.305 e. The molecule has 0 unspecified atom stereocenters. The topological polar surface area (TPSA) is 131 Å². The number of fused-ring (bicyclic) bond motifs is 3. The second-order valence-corrected chi connectivity index (χ2v) is 9.22. The molecule has 2 aromatic carbocycles. The summed E-state index contributed by atoms with van der Waals surface area (Å²) in [5.74, 6) is -0.0788. The van der Waals surface area contributed by atoms with E-state index in [1.54, 1.807) is 30.3 Å². The Kier molecular flexibility index (Phi) is 5.78. The van der Waals surface area contributed by atoms with Gasteiger partial charge in [-0.15, -0.1) is 0 Å². The number of hydrogen-bond donors (Lipinski definition) is 3. The number of rotatable bonds is 7. The lowest BCUT2D eigenvalue weighted by molar-refractivity contribution is -0.153. The summed E-state index contributed by atoms with van der Waals surface area (Å²) in [7, 11) is -2.32. The van der Waals surface area contributed by atoms with Gasteiger partial charge >= 0.3 is 5.97 Å². The zero-order chi connectivity index (χ0) is 22.2. The van der Waals surface area contributed by atoms with E-state index >= 15 is 0 Å². The van der Waals surface area contributed by atoms with E-state index in [4.69, 9.17) is 19.3 Å². The predicted octanol–water partition coefficient (Wildman–Crippen LogP) is 1.97. The minimum Gasteiger partial charge on any atom is -0.497 e. The number of hydrogen-bond acceptors (Lipinski definition) is 7. The van der Waals surface area contributed by atoms with Gasteiger partial charge in [0.1, 0.15) is 23.7 Å². The molecule has 2 aliphatic rings. The van der Waals surface area contributed by atoms with E-state index in [2.05, 4.69) is 4.72 Å². The maximum atomic E-state index is 12.8. The molecule has 4 rings (SSSR count). The summed E-state index contributed by atoms with van der Waals surface area (Å²) in [6, 6.07) is 11.0. The van der Waals surface area contributed by atoms with Crippen molar-refractivity contribution in [3.8, 4) is 11.5 Å². The predicted molar refractivity (Wildman–Crippen MR) is 110 cm³/mol. The Labute approximate surface area is 179 Å². The van der Waals surface area contributed by atoms with Crippen molar-refractivity contribution in [3.05, 3.63) is 48.0 Å². The maximum absolute atomic E-state index is 12.8. The van der Waals surface area contributed by atoms with Gasteiger partial charge < -0.3 is 24.4 Å². The Morgan fingerprint density at radius 1 is 1.23 bits per heavy atom. The molecule has 2 aromatic rings. The van der Waals surface area contributed by atoms with Gasteiger partial charge in [0.2, 0.25) is 0 Å². The van der Waals surface area contributed by atoms with Crippen LogP contribution in [0.5, 0.6) is 11.5 Å². The van der Waals surface area contributed by atoms with Crippen LogP contribution in [0.25, 0.3) is 0 Å². The van der Waals surface area contributed by atoms with Crippen LogP contribution in [-0.4, -0.2) is 56.6 Å². The van der Waals surface area contributed by atoms with Crippen LogP contribution in [-0.2, 0) is 19.6 Å². The molecule has 0 aromatic heterocycles. The number of anilines is 1. The lowest BCUT2D eigenvalue weighted by Gasteiger charge is -2.36. The van der Waals surface area contributed by atoms with E-state index in [1.165, 1.54) is 19.2 Å². The number of methoxy groups -OCH3 is 1. The molecule has 0 aliphatic carbocycles. The minimum absolute atomic E-state index is 0.0934. The number of carboxylic acids is 1. The van der Waals surface area contributed by atoms with Crippen molar-refractivity contribution < 1.29 is 37.6 Å². The largest absolute Gasteiger partial charge is 0.497 e. The average Bonchev–Trinajstić information content (AvgIpc) is 3.10. The molecular formula is C21H23NO8S. The van der Waals surface area contributed by atoms with Crippen molar-refractivity contribution in [2.45, 2.75) is 42.0 Å². The van der Waals surface area contributed by atoms with Crippen molar-refractivity contribution in [3.63, 3.8) is 0 Å². The second kappa shape index (κ2) is 8.37. The van der Waals surface area contributed by atoms with Crippen molar-refractivity contribution in [1.29, 1.82) is 0 Å². The van der Waals surface area contributed by atoms with Gasteiger partial charge in [-0.3, -0.25) is 9.52 Å². The molecule has 0 radical (unpaired) electrons. The third-order valence-electron chi connectivity index (χ3n) is 5.52. The first-order valence-electron chi connectivity index (χ1n) is 9.76. The average molecular weight is 449 g/mol. The van der Waals surface area contributed by atoms with Gasteiger partial charge in [0.05, 0.1) is 31.1 Å². The first-order chi connectivity index (χ1) is 14.8. The summed E-state index contributed by atoms with van der Waals surface area (Å²) in [6.07, 6.45) is -1.47. The first-order valence-corrected chi connectivity index (χ1v) is 11.2. The third kappa shape index (κ3) is 4.32. The summed E-state index contributed by atoms with van der Waals surface area (Å²) in [4.78, 5) is 11.2. The number of benzene rings is 2. The van der Waals surface area contributed by atoms with Crippen LogP contribution in [0.15, 0.2) is 47.4 Å². The third-order valence-corrected chi connectivity index (χ3v) is 6.92. The van der Waals surface area contributed by atoms with E-state index in [1.807, 2.05) is 0 Å². The van der Waals surface area contributed by atoms with Crippen molar-refractivity contribution >= 4 is 21.7 Å². The molecule has 2 aliphatic heterocycles. The minimum atomic E-state index is -3.82. The molecular weight excluding hydrogens is 426 g/mol. The fraction of sp³-hybridized carbons (Fsp3) is 0.381. The molecule has 3 N–H and O–H groups in total. The molecule has 1 fully saturated rings. The summed E-state index contributed by atoms with van der Waals surface area (Å²) < 4.78 is 44.8. The van der Waals surface area contributed by atoms with E-state index in [0.717, 1.165) is 5.56 Å². The number of aliphatic carboxylic acids is 1. The smallest absolute Gasteiger partial charge is 0.305 e. The number of aliphatic hydroxyl groups is 1. The lowest BCUT2D eigenvalue weighted by Crippen LogP contribution is -2.46. The van der Waals surface area contributed by atoms with Gasteiger partial charge in [0, 0.05) is 17.2 Å². The highest BCUT2D eigenvalue weighted by atomic mass is 32.2. The second-order valence-electron chi connectivity index (χ2n) is 7.54. The van der Waals surface area contributed by atoms with Crippen LogP contribution in [0.2, 0.25) is 0 Å². The molecule has 0 bridgehead atoms. The van der Waals surface area contributed by atoms with Gasteiger partial charge in [0.15, 0.2) is 0 Å². The summed E-state index contributed by atoms with van der Waals surface area (Å²) in [5.41, 5.74) is 1.12. The van der Waals surface area contributed by atoms with Crippen LogP contribution >= 0.6 is 0 Å². The Bertz CT molecular complexity index is 1070. The van der Waals surface area contributed by atoms with Gasteiger partial charge in [-0.05, 0) is 48.9 Å². The van der Waals surface area contributed by atoms with Crippen LogP contribution in [0, 0.1) is 0 Å². The van der Waals surface area contributed by atoms with E-state index in [0.29, 0.717) is 23.6 Å². The summed E-state index contributed by atoms with van der Waals surface area (Å²) in [5, 5.41) is 18.8. The Balaban J connectivity index is 1.58. The van der Waals surface area contributed by atoms with Crippen LogP contribution in [0.3, 0.4) is 0 Å². The Morgan fingerprint density at radius 3 is 2.61 bits per heavy atom. The number of carbonyl (C=O) groups is 1. The highest BCUT2D eigenvalue weighted by Crippen LogP contribution is 2.47. The number of sulfonamides is 1. The monoisotopic (exact) mass is 449 g/mol. The molecule has 4 atom stereocenters. The molecule has 2 heterocycles. The Hall–Kier alpha value is -2.82. The zero-order valence-electron chi connectivity index (χ0n) is 16.7. The number of aliphatic hydroxyl groups excluding tert-OH is 1. The highest BCUT2D eigenvalue weighted by molar-refractivity contribution is 7.92. The lowest BCUT2D eigenvalue weighted by atomic mass is 9.84.